The van der Waals surface area contributed by atoms with Crippen molar-refractivity contribution in [2.75, 3.05) is 0 Å². The molecule has 1 aromatic carbocycles. The number of nitrogens with zero attached hydrogens (tertiary/aromatic N) is 1. The van der Waals surface area contributed by atoms with Crippen molar-refractivity contribution in [1.82, 2.24) is 0 Å². The van der Waals surface area contributed by atoms with Gasteiger partial charge in [-0.05, 0) is 13.0 Å². The average molecular weight is 221 g/mol. The molecular formula is C10H7NO5. The van der Waals surface area contributed by atoms with Crippen LogP contribution in [0.15, 0.2) is 22.6 Å². The van der Waals surface area contributed by atoms with E-state index in [0.717, 1.165) is 0 Å². The van der Waals surface area contributed by atoms with Gasteiger partial charge >= 0.3 is 5.97 Å². The largest absolute Gasteiger partial charge is 0.478 e. The molecule has 1 aromatic heterocycles. The number of benzene rings is 1. The summed E-state index contributed by atoms with van der Waals surface area (Å²) >= 11 is 0. The number of aryl methyl sites for hydroxylation is 1. The van der Waals surface area contributed by atoms with Crippen LogP contribution in [0.2, 0.25) is 0 Å². The molecule has 16 heavy (non-hydrogen) atoms. The van der Waals surface area contributed by atoms with Gasteiger partial charge in [-0.2, -0.15) is 0 Å². The van der Waals surface area contributed by atoms with Crippen LogP contribution in [-0.2, 0) is 0 Å². The first-order valence-corrected chi connectivity index (χ1v) is 4.41. The topological polar surface area (TPSA) is 93.6 Å². The van der Waals surface area contributed by atoms with Crippen molar-refractivity contribution >= 4 is 22.6 Å². The summed E-state index contributed by atoms with van der Waals surface area (Å²) in [7, 11) is 0. The number of hydrogen-bond acceptors (Lipinski definition) is 4. The van der Waals surface area contributed by atoms with Crippen molar-refractivity contribution in [2.24, 2.45) is 0 Å². The maximum atomic E-state index is 10.9. The first-order chi connectivity index (χ1) is 7.50. The Labute approximate surface area is 89.2 Å². The number of carboxylic acid groups (broad SMARTS) is 1. The third kappa shape index (κ3) is 1.40. The second kappa shape index (κ2) is 3.34. The average Bonchev–Trinajstić information content (AvgIpc) is 2.51. The Morgan fingerprint density at radius 1 is 1.50 bits per heavy atom. The van der Waals surface area contributed by atoms with E-state index in [-0.39, 0.29) is 22.6 Å². The molecule has 82 valence electrons. The maximum absolute atomic E-state index is 10.9. The van der Waals surface area contributed by atoms with Crippen molar-refractivity contribution in [2.45, 2.75) is 6.92 Å². The second-order valence-corrected chi connectivity index (χ2v) is 3.28. The van der Waals surface area contributed by atoms with E-state index in [4.69, 9.17) is 9.52 Å². The molecule has 0 unspecified atom stereocenters. The normalized spacial score (nSPS) is 10.6. The highest BCUT2D eigenvalue weighted by Crippen LogP contribution is 2.28. The second-order valence-electron chi connectivity index (χ2n) is 3.28. The summed E-state index contributed by atoms with van der Waals surface area (Å²) in [5.74, 6) is -0.867. The van der Waals surface area contributed by atoms with Gasteiger partial charge in [0.05, 0.1) is 11.0 Å². The number of non-ortho nitro benzene ring substituents is 1. The first kappa shape index (κ1) is 10.2. The predicted octanol–water partition coefficient (Wildman–Crippen LogP) is 2.35. The lowest BCUT2D eigenvalue weighted by Crippen LogP contribution is -1.96. The summed E-state index contributed by atoms with van der Waals surface area (Å²) in [5, 5.41) is 19.8. The zero-order chi connectivity index (χ0) is 11.9. The molecule has 6 heteroatoms. The fourth-order valence-corrected chi connectivity index (χ4v) is 1.59. The fraction of sp³-hybridized carbons (Fsp3) is 0.100. The molecule has 0 saturated carbocycles. The maximum Gasteiger partial charge on any atom is 0.339 e. The third-order valence-electron chi connectivity index (χ3n) is 2.27. The SMILES string of the molecule is Cc1oc2cc([N+](=O)[O-])ccc2c1C(=O)O. The van der Waals surface area contributed by atoms with Gasteiger partial charge in [-0.15, -0.1) is 0 Å². The smallest absolute Gasteiger partial charge is 0.339 e. The molecule has 0 amide bonds. The van der Waals surface area contributed by atoms with Gasteiger partial charge in [0.2, 0.25) is 0 Å². The van der Waals surface area contributed by atoms with Crippen molar-refractivity contribution in [3.8, 4) is 0 Å². The highest BCUT2D eigenvalue weighted by molar-refractivity contribution is 6.03. The number of nitro groups is 1. The van der Waals surface area contributed by atoms with Crippen molar-refractivity contribution < 1.29 is 19.2 Å². The van der Waals surface area contributed by atoms with E-state index in [0.29, 0.717) is 5.39 Å². The Kier molecular flexibility index (Phi) is 2.12. The van der Waals surface area contributed by atoms with Crippen LogP contribution in [0.3, 0.4) is 0 Å². The van der Waals surface area contributed by atoms with Gasteiger partial charge in [0.1, 0.15) is 16.9 Å². The molecule has 0 atom stereocenters. The van der Waals surface area contributed by atoms with Crippen LogP contribution >= 0.6 is 0 Å². The third-order valence-corrected chi connectivity index (χ3v) is 2.27. The molecule has 2 aromatic rings. The van der Waals surface area contributed by atoms with Gasteiger partial charge in [0.15, 0.2) is 0 Å². The summed E-state index contributed by atoms with van der Waals surface area (Å²) in [6, 6.07) is 3.85. The Hall–Kier alpha value is -2.37. The number of furan rings is 1. The molecule has 0 saturated heterocycles. The number of aromatic carboxylic acids is 1. The zero-order valence-corrected chi connectivity index (χ0v) is 8.26. The monoisotopic (exact) mass is 221 g/mol. The number of fused-ring (bicyclic) bond motifs is 1. The lowest BCUT2D eigenvalue weighted by atomic mass is 10.1. The molecule has 0 bridgehead atoms. The Bertz CT molecular complexity index is 599. The minimum Gasteiger partial charge on any atom is -0.478 e. The number of rotatable bonds is 2. The van der Waals surface area contributed by atoms with Crippen LogP contribution in [0, 0.1) is 17.0 Å². The van der Waals surface area contributed by atoms with Gasteiger partial charge in [-0.25, -0.2) is 4.79 Å². The molecule has 1 N–H and O–H groups in total. The summed E-state index contributed by atoms with van der Waals surface area (Å²) < 4.78 is 5.17. The van der Waals surface area contributed by atoms with Gasteiger partial charge in [-0.1, -0.05) is 0 Å². The molecule has 0 aliphatic heterocycles. The molecule has 2 rings (SSSR count). The van der Waals surface area contributed by atoms with Crippen LogP contribution in [0.4, 0.5) is 5.69 Å². The van der Waals surface area contributed by atoms with Crippen LogP contribution in [0.1, 0.15) is 16.1 Å². The lowest BCUT2D eigenvalue weighted by Gasteiger charge is -1.92. The highest BCUT2D eigenvalue weighted by atomic mass is 16.6. The quantitative estimate of drug-likeness (QED) is 0.620. The summed E-state index contributed by atoms with van der Waals surface area (Å²) in [6.07, 6.45) is 0. The van der Waals surface area contributed by atoms with E-state index >= 15 is 0 Å². The minimum absolute atomic E-state index is 0.0462. The van der Waals surface area contributed by atoms with Gasteiger partial charge in [-0.3, -0.25) is 10.1 Å². The predicted molar refractivity (Wildman–Crippen MR) is 54.6 cm³/mol. The van der Waals surface area contributed by atoms with Crippen LogP contribution in [-0.4, -0.2) is 16.0 Å². The number of hydrogen-bond donors (Lipinski definition) is 1. The van der Waals surface area contributed by atoms with Gasteiger partial charge in [0.25, 0.3) is 5.69 Å². The molecule has 6 nitrogen and oxygen atoms in total. The van der Waals surface area contributed by atoms with E-state index in [9.17, 15) is 14.9 Å². The van der Waals surface area contributed by atoms with E-state index < -0.39 is 10.9 Å². The fourth-order valence-electron chi connectivity index (χ4n) is 1.59. The summed E-state index contributed by atoms with van der Waals surface area (Å²) in [6.45, 7) is 1.51. The Morgan fingerprint density at radius 2 is 2.19 bits per heavy atom. The van der Waals surface area contributed by atoms with Gasteiger partial charge in [0, 0.05) is 11.5 Å². The molecule has 0 spiro atoms. The highest BCUT2D eigenvalue weighted by Gasteiger charge is 2.19. The Morgan fingerprint density at radius 3 is 2.75 bits per heavy atom. The molecule has 0 aliphatic rings. The summed E-state index contributed by atoms with van der Waals surface area (Å²) in [4.78, 5) is 20.9. The number of carboxylic acids is 1. The molecule has 0 aliphatic carbocycles. The molecular weight excluding hydrogens is 214 g/mol. The Balaban J connectivity index is 2.75. The van der Waals surface area contributed by atoms with Gasteiger partial charge < -0.3 is 9.52 Å². The molecule has 0 radical (unpaired) electrons. The van der Waals surface area contributed by atoms with E-state index in [1.54, 1.807) is 0 Å². The van der Waals surface area contributed by atoms with Crippen LogP contribution in [0.25, 0.3) is 11.0 Å². The number of nitro benzene ring substituents is 1. The molecule has 0 fully saturated rings. The minimum atomic E-state index is -1.11. The van der Waals surface area contributed by atoms with E-state index in [1.165, 1.54) is 25.1 Å². The van der Waals surface area contributed by atoms with E-state index in [1.807, 2.05) is 0 Å². The van der Waals surface area contributed by atoms with Crippen molar-refractivity contribution in [1.29, 1.82) is 0 Å². The first-order valence-electron chi connectivity index (χ1n) is 4.41. The lowest BCUT2D eigenvalue weighted by molar-refractivity contribution is -0.384. The van der Waals surface area contributed by atoms with Crippen molar-refractivity contribution in [3.05, 3.63) is 39.6 Å². The van der Waals surface area contributed by atoms with Crippen LogP contribution in [0.5, 0.6) is 0 Å². The van der Waals surface area contributed by atoms with E-state index in [2.05, 4.69) is 0 Å². The number of carbonyl (C=O) groups is 1. The standard InChI is InChI=1S/C10H7NO5/c1-5-9(10(12)13)7-3-2-6(11(14)15)4-8(7)16-5/h2-4H,1H3,(H,12,13). The summed E-state index contributed by atoms with van der Waals surface area (Å²) in [5.41, 5.74) is 0.132. The van der Waals surface area contributed by atoms with Crippen LogP contribution < -0.4 is 0 Å². The molecule has 1 heterocycles. The zero-order valence-electron chi connectivity index (χ0n) is 8.26. The van der Waals surface area contributed by atoms with Crippen molar-refractivity contribution in [3.63, 3.8) is 0 Å².